The Balaban J connectivity index is 1.69. The van der Waals surface area contributed by atoms with E-state index in [1.54, 1.807) is 23.9 Å². The number of nitro benzene ring substituents is 1. The fraction of sp³-hybridized carbons (Fsp3) is 0.0667. The molecule has 0 bridgehead atoms. The summed E-state index contributed by atoms with van der Waals surface area (Å²) in [6.07, 6.45) is 0. The highest BCUT2D eigenvalue weighted by molar-refractivity contribution is 7.98. The Labute approximate surface area is 130 Å². The summed E-state index contributed by atoms with van der Waals surface area (Å²) in [6.45, 7) is 0. The summed E-state index contributed by atoms with van der Waals surface area (Å²) >= 11 is 1.60. The van der Waals surface area contributed by atoms with Gasteiger partial charge < -0.3 is 4.52 Å². The summed E-state index contributed by atoms with van der Waals surface area (Å²) in [7, 11) is 0. The van der Waals surface area contributed by atoms with Crippen molar-refractivity contribution in [1.29, 1.82) is 0 Å². The Kier molecular flexibility index (Phi) is 4.15. The maximum Gasteiger partial charge on any atom is 0.269 e. The molecule has 0 unspecified atom stereocenters. The molecule has 110 valence electrons. The first-order valence-electron chi connectivity index (χ1n) is 6.47. The third-order valence-corrected chi connectivity index (χ3v) is 3.91. The van der Waals surface area contributed by atoms with Crippen LogP contribution in [0.3, 0.4) is 0 Å². The summed E-state index contributed by atoms with van der Waals surface area (Å²) in [5.41, 5.74) is 0.720. The molecule has 7 heteroatoms. The van der Waals surface area contributed by atoms with E-state index in [1.807, 2.05) is 30.3 Å². The monoisotopic (exact) mass is 313 g/mol. The minimum atomic E-state index is -0.443. The van der Waals surface area contributed by atoms with Gasteiger partial charge in [0.2, 0.25) is 11.7 Å². The van der Waals surface area contributed by atoms with E-state index in [-0.39, 0.29) is 5.69 Å². The maximum atomic E-state index is 10.6. The van der Waals surface area contributed by atoms with Gasteiger partial charge in [0.25, 0.3) is 5.69 Å². The average molecular weight is 313 g/mol. The van der Waals surface area contributed by atoms with Crippen LogP contribution in [0.25, 0.3) is 11.4 Å². The van der Waals surface area contributed by atoms with Gasteiger partial charge in [-0.1, -0.05) is 23.4 Å². The van der Waals surface area contributed by atoms with Crippen molar-refractivity contribution in [1.82, 2.24) is 10.1 Å². The molecule has 0 spiro atoms. The second kappa shape index (κ2) is 6.40. The van der Waals surface area contributed by atoms with Gasteiger partial charge in [-0.3, -0.25) is 10.1 Å². The van der Waals surface area contributed by atoms with Gasteiger partial charge in [0, 0.05) is 22.6 Å². The fourth-order valence-corrected chi connectivity index (χ4v) is 2.58. The molecule has 0 amide bonds. The first-order chi connectivity index (χ1) is 10.7. The molecule has 0 atom stereocenters. The molecule has 1 aromatic heterocycles. The lowest BCUT2D eigenvalue weighted by Crippen LogP contribution is -1.88. The zero-order valence-electron chi connectivity index (χ0n) is 11.4. The van der Waals surface area contributed by atoms with Crippen LogP contribution in [-0.4, -0.2) is 15.1 Å². The Hall–Kier alpha value is -2.67. The van der Waals surface area contributed by atoms with Gasteiger partial charge in [-0.25, -0.2) is 0 Å². The molecule has 0 aliphatic rings. The van der Waals surface area contributed by atoms with Crippen LogP contribution in [-0.2, 0) is 5.75 Å². The van der Waals surface area contributed by atoms with Crippen molar-refractivity contribution < 1.29 is 9.45 Å². The van der Waals surface area contributed by atoms with E-state index in [9.17, 15) is 10.1 Å². The smallest absolute Gasteiger partial charge is 0.269 e. The number of hydrogen-bond acceptors (Lipinski definition) is 6. The van der Waals surface area contributed by atoms with Crippen molar-refractivity contribution in [2.45, 2.75) is 10.6 Å². The van der Waals surface area contributed by atoms with Crippen molar-refractivity contribution in [3.05, 3.63) is 70.6 Å². The minimum Gasteiger partial charge on any atom is -0.338 e. The van der Waals surface area contributed by atoms with Crippen molar-refractivity contribution >= 4 is 17.4 Å². The van der Waals surface area contributed by atoms with Gasteiger partial charge in [-0.05, 0) is 24.3 Å². The van der Waals surface area contributed by atoms with Gasteiger partial charge in [0.1, 0.15) is 0 Å². The molecule has 3 aromatic rings. The van der Waals surface area contributed by atoms with Crippen LogP contribution in [0.1, 0.15) is 5.89 Å². The highest BCUT2D eigenvalue weighted by atomic mass is 32.2. The topological polar surface area (TPSA) is 82.1 Å². The minimum absolute atomic E-state index is 0.0344. The molecule has 0 radical (unpaired) electrons. The number of benzene rings is 2. The molecule has 3 rings (SSSR count). The Morgan fingerprint density at radius 2 is 1.82 bits per heavy atom. The van der Waals surface area contributed by atoms with Crippen LogP contribution in [0.4, 0.5) is 5.69 Å². The zero-order chi connectivity index (χ0) is 15.4. The number of non-ortho nitro benzene ring substituents is 1. The summed E-state index contributed by atoms with van der Waals surface area (Å²) in [5, 5.41) is 14.5. The van der Waals surface area contributed by atoms with Crippen LogP contribution in [0.5, 0.6) is 0 Å². The number of aromatic nitrogens is 2. The second-order valence-electron chi connectivity index (χ2n) is 4.42. The second-order valence-corrected chi connectivity index (χ2v) is 5.47. The molecule has 0 aliphatic carbocycles. The maximum absolute atomic E-state index is 10.6. The summed E-state index contributed by atoms with van der Waals surface area (Å²) in [4.78, 5) is 15.6. The number of nitro groups is 1. The Morgan fingerprint density at radius 3 is 2.50 bits per heavy atom. The standard InChI is InChI=1S/C15H11N3O3S/c19-18(20)12-8-6-11(7-9-12)15-16-14(21-17-15)10-22-13-4-2-1-3-5-13/h1-9H,10H2. The third-order valence-electron chi connectivity index (χ3n) is 2.91. The zero-order valence-corrected chi connectivity index (χ0v) is 12.2. The van der Waals surface area contributed by atoms with Crippen LogP contribution in [0, 0.1) is 10.1 Å². The Bertz CT molecular complexity index is 772. The lowest BCUT2D eigenvalue weighted by molar-refractivity contribution is -0.384. The van der Waals surface area contributed by atoms with Crippen molar-refractivity contribution in [2.75, 3.05) is 0 Å². The van der Waals surface area contributed by atoms with Crippen molar-refractivity contribution in [3.8, 4) is 11.4 Å². The van der Waals surface area contributed by atoms with E-state index in [1.165, 1.54) is 12.1 Å². The largest absolute Gasteiger partial charge is 0.338 e. The van der Waals surface area contributed by atoms with E-state index in [4.69, 9.17) is 4.52 Å². The fourth-order valence-electron chi connectivity index (χ4n) is 1.82. The van der Waals surface area contributed by atoms with E-state index in [0.29, 0.717) is 23.0 Å². The number of rotatable bonds is 5. The summed E-state index contributed by atoms with van der Waals surface area (Å²) in [5.74, 6) is 1.52. The predicted octanol–water partition coefficient (Wildman–Crippen LogP) is 3.94. The Morgan fingerprint density at radius 1 is 1.09 bits per heavy atom. The molecule has 0 aliphatic heterocycles. The van der Waals surface area contributed by atoms with E-state index >= 15 is 0 Å². The number of nitrogens with zero attached hydrogens (tertiary/aromatic N) is 3. The summed E-state index contributed by atoms with van der Waals surface area (Å²) in [6, 6.07) is 16.0. The predicted molar refractivity (Wildman–Crippen MR) is 82.4 cm³/mol. The van der Waals surface area contributed by atoms with Gasteiger partial charge in [0.05, 0.1) is 10.7 Å². The molecular weight excluding hydrogens is 302 g/mol. The normalized spacial score (nSPS) is 10.5. The molecule has 2 aromatic carbocycles. The average Bonchev–Trinajstić information content (AvgIpc) is 3.03. The molecular formula is C15H11N3O3S. The van der Waals surface area contributed by atoms with E-state index in [0.717, 1.165) is 4.90 Å². The SMILES string of the molecule is O=[N+]([O-])c1ccc(-c2noc(CSc3ccccc3)n2)cc1. The molecule has 0 saturated carbocycles. The quantitative estimate of drug-likeness (QED) is 0.403. The van der Waals surface area contributed by atoms with Gasteiger partial charge >= 0.3 is 0 Å². The lowest BCUT2D eigenvalue weighted by atomic mass is 10.2. The van der Waals surface area contributed by atoms with Crippen molar-refractivity contribution in [3.63, 3.8) is 0 Å². The van der Waals surface area contributed by atoms with Crippen molar-refractivity contribution in [2.24, 2.45) is 0 Å². The number of thioether (sulfide) groups is 1. The van der Waals surface area contributed by atoms with Gasteiger partial charge in [0.15, 0.2) is 0 Å². The lowest BCUT2D eigenvalue weighted by Gasteiger charge is -1.96. The first-order valence-corrected chi connectivity index (χ1v) is 7.46. The van der Waals surface area contributed by atoms with Crippen LogP contribution in [0.15, 0.2) is 64.0 Å². The van der Waals surface area contributed by atoms with Gasteiger partial charge in [-0.15, -0.1) is 11.8 Å². The van der Waals surface area contributed by atoms with Crippen LogP contribution in [0.2, 0.25) is 0 Å². The molecule has 0 saturated heterocycles. The molecule has 1 heterocycles. The molecule has 0 fully saturated rings. The molecule has 22 heavy (non-hydrogen) atoms. The highest BCUT2D eigenvalue weighted by Gasteiger charge is 2.11. The van der Waals surface area contributed by atoms with Gasteiger partial charge in [-0.2, -0.15) is 4.98 Å². The number of hydrogen-bond donors (Lipinski definition) is 0. The third kappa shape index (κ3) is 3.32. The van der Waals surface area contributed by atoms with E-state index < -0.39 is 4.92 Å². The first kappa shape index (κ1) is 14.3. The van der Waals surface area contributed by atoms with Crippen LogP contribution >= 0.6 is 11.8 Å². The summed E-state index contributed by atoms with van der Waals surface area (Å²) < 4.78 is 5.20. The molecule has 0 N–H and O–H groups in total. The molecule has 6 nitrogen and oxygen atoms in total. The highest BCUT2D eigenvalue weighted by Crippen LogP contribution is 2.24. The van der Waals surface area contributed by atoms with E-state index in [2.05, 4.69) is 10.1 Å². The van der Waals surface area contributed by atoms with Crippen LogP contribution < -0.4 is 0 Å².